The number of piperidine rings is 1. The molecule has 1 aromatic rings. The van der Waals surface area contributed by atoms with Gasteiger partial charge in [0.05, 0.1) is 6.10 Å². The second kappa shape index (κ2) is 8.26. The van der Waals surface area contributed by atoms with Crippen LogP contribution in [-0.2, 0) is 4.79 Å². The van der Waals surface area contributed by atoms with Crippen molar-refractivity contribution in [1.29, 1.82) is 0 Å². The lowest BCUT2D eigenvalue weighted by Crippen LogP contribution is -2.37. The van der Waals surface area contributed by atoms with Gasteiger partial charge < -0.3 is 20.6 Å². The first-order valence-corrected chi connectivity index (χ1v) is 8.17. The molecule has 1 aliphatic heterocycles. The molecule has 1 saturated heterocycles. The number of carbonyl (C=O) groups is 1. The summed E-state index contributed by atoms with van der Waals surface area (Å²) in [6, 6.07) is 4.77. The third-order valence-electron chi connectivity index (χ3n) is 4.34. The van der Waals surface area contributed by atoms with Crippen LogP contribution in [0, 0.1) is 5.82 Å². The van der Waals surface area contributed by atoms with Crippen molar-refractivity contribution in [2.24, 2.45) is 0 Å². The Kier molecular flexibility index (Phi) is 6.36. The first-order chi connectivity index (χ1) is 11.0. The molecule has 6 heteroatoms. The summed E-state index contributed by atoms with van der Waals surface area (Å²) in [5.41, 5.74) is 1.89. The molecule has 3 N–H and O–H groups in total. The SMILES string of the molecule is CNC(=O)CCNC(C)c1cc(F)ccc1N1CCC(O)CC1. The van der Waals surface area contributed by atoms with E-state index in [-0.39, 0.29) is 23.9 Å². The Morgan fingerprint density at radius 3 is 2.78 bits per heavy atom. The summed E-state index contributed by atoms with van der Waals surface area (Å²) < 4.78 is 13.7. The Bertz CT molecular complexity index is 531. The summed E-state index contributed by atoms with van der Waals surface area (Å²) in [6.07, 6.45) is 1.62. The zero-order valence-corrected chi connectivity index (χ0v) is 13.8. The smallest absolute Gasteiger partial charge is 0.221 e. The fourth-order valence-corrected chi connectivity index (χ4v) is 2.90. The molecule has 2 rings (SSSR count). The highest BCUT2D eigenvalue weighted by atomic mass is 19.1. The normalized spacial score (nSPS) is 17.1. The van der Waals surface area contributed by atoms with Crippen LogP contribution in [-0.4, -0.2) is 43.8 Å². The van der Waals surface area contributed by atoms with Gasteiger partial charge in [0.2, 0.25) is 5.91 Å². The number of amides is 1. The van der Waals surface area contributed by atoms with Crippen LogP contribution in [0.15, 0.2) is 18.2 Å². The summed E-state index contributed by atoms with van der Waals surface area (Å²) in [5.74, 6) is -0.282. The fourth-order valence-electron chi connectivity index (χ4n) is 2.90. The predicted molar refractivity (Wildman–Crippen MR) is 89.0 cm³/mol. The molecule has 5 nitrogen and oxygen atoms in total. The van der Waals surface area contributed by atoms with E-state index in [9.17, 15) is 14.3 Å². The summed E-state index contributed by atoms with van der Waals surface area (Å²) in [4.78, 5) is 13.5. The summed E-state index contributed by atoms with van der Waals surface area (Å²) >= 11 is 0. The highest BCUT2D eigenvalue weighted by Crippen LogP contribution is 2.29. The predicted octanol–water partition coefficient (Wildman–Crippen LogP) is 1.57. The van der Waals surface area contributed by atoms with Crippen molar-refractivity contribution in [2.45, 2.75) is 38.3 Å². The van der Waals surface area contributed by atoms with Crippen molar-refractivity contribution < 1.29 is 14.3 Å². The number of nitrogens with one attached hydrogen (secondary N) is 2. The van der Waals surface area contributed by atoms with Crippen LogP contribution in [0.4, 0.5) is 10.1 Å². The average Bonchev–Trinajstić information content (AvgIpc) is 2.55. The van der Waals surface area contributed by atoms with E-state index in [1.165, 1.54) is 6.07 Å². The van der Waals surface area contributed by atoms with Crippen LogP contribution in [0.5, 0.6) is 0 Å². The minimum atomic E-state index is -0.263. The van der Waals surface area contributed by atoms with Gasteiger partial charge >= 0.3 is 0 Å². The van der Waals surface area contributed by atoms with Crippen molar-refractivity contribution in [3.05, 3.63) is 29.6 Å². The maximum Gasteiger partial charge on any atom is 0.221 e. The zero-order chi connectivity index (χ0) is 16.8. The molecule has 1 unspecified atom stereocenters. The van der Waals surface area contributed by atoms with Gasteiger partial charge in [0.15, 0.2) is 0 Å². The lowest BCUT2D eigenvalue weighted by Gasteiger charge is -2.34. The van der Waals surface area contributed by atoms with E-state index in [0.717, 1.165) is 37.2 Å². The number of aliphatic hydroxyl groups is 1. The summed E-state index contributed by atoms with van der Waals surface area (Å²) in [7, 11) is 1.61. The number of hydrogen-bond donors (Lipinski definition) is 3. The highest BCUT2D eigenvalue weighted by Gasteiger charge is 2.21. The van der Waals surface area contributed by atoms with Crippen molar-refractivity contribution in [2.75, 3.05) is 31.6 Å². The van der Waals surface area contributed by atoms with Gasteiger partial charge in [-0.25, -0.2) is 4.39 Å². The molecule has 1 aromatic carbocycles. The van der Waals surface area contributed by atoms with Crippen molar-refractivity contribution in [3.8, 4) is 0 Å². The molecule has 0 aliphatic carbocycles. The minimum absolute atomic E-state index is 0.0193. The topological polar surface area (TPSA) is 64.6 Å². The quantitative estimate of drug-likeness (QED) is 0.744. The largest absolute Gasteiger partial charge is 0.393 e. The molecular formula is C17H26FN3O2. The molecule has 128 valence electrons. The van der Waals surface area contributed by atoms with E-state index in [4.69, 9.17) is 0 Å². The number of rotatable bonds is 6. The van der Waals surface area contributed by atoms with Gasteiger partial charge in [-0.3, -0.25) is 4.79 Å². The molecule has 1 fully saturated rings. The van der Waals surface area contributed by atoms with Crippen LogP contribution in [0.3, 0.4) is 0 Å². The molecule has 0 saturated carbocycles. The molecule has 1 amide bonds. The van der Waals surface area contributed by atoms with Crippen molar-refractivity contribution >= 4 is 11.6 Å². The molecule has 23 heavy (non-hydrogen) atoms. The lowest BCUT2D eigenvalue weighted by molar-refractivity contribution is -0.120. The van der Waals surface area contributed by atoms with E-state index in [1.54, 1.807) is 19.2 Å². The third-order valence-corrected chi connectivity index (χ3v) is 4.34. The van der Waals surface area contributed by atoms with E-state index in [2.05, 4.69) is 15.5 Å². The van der Waals surface area contributed by atoms with E-state index in [0.29, 0.717) is 13.0 Å². The van der Waals surface area contributed by atoms with Gasteiger partial charge in [-0.1, -0.05) is 0 Å². The van der Waals surface area contributed by atoms with Crippen LogP contribution < -0.4 is 15.5 Å². The number of carbonyl (C=O) groups excluding carboxylic acids is 1. The number of halogens is 1. The van der Waals surface area contributed by atoms with Gasteiger partial charge in [0, 0.05) is 44.8 Å². The number of hydrogen-bond acceptors (Lipinski definition) is 4. The number of anilines is 1. The standard InChI is InChI=1S/C17H26FN3O2/c1-12(20-8-5-17(23)19-2)15-11-13(18)3-4-16(15)21-9-6-14(22)7-10-21/h3-4,11-12,14,20,22H,5-10H2,1-2H3,(H,19,23). The lowest BCUT2D eigenvalue weighted by atomic mass is 10.0. The van der Waals surface area contributed by atoms with Gasteiger partial charge in [0.25, 0.3) is 0 Å². The molecule has 1 heterocycles. The second-order valence-corrected chi connectivity index (χ2v) is 6.02. The van der Waals surface area contributed by atoms with E-state index in [1.807, 2.05) is 6.92 Å². The van der Waals surface area contributed by atoms with Crippen LogP contribution in [0.2, 0.25) is 0 Å². The number of nitrogens with zero attached hydrogens (tertiary/aromatic N) is 1. The fraction of sp³-hybridized carbons (Fsp3) is 0.588. The molecule has 0 bridgehead atoms. The second-order valence-electron chi connectivity index (χ2n) is 6.02. The highest BCUT2D eigenvalue weighted by molar-refractivity contribution is 5.75. The van der Waals surface area contributed by atoms with Gasteiger partial charge in [-0.05, 0) is 43.5 Å². The Labute approximate surface area is 136 Å². The van der Waals surface area contributed by atoms with Crippen molar-refractivity contribution in [3.63, 3.8) is 0 Å². The zero-order valence-electron chi connectivity index (χ0n) is 13.8. The van der Waals surface area contributed by atoms with E-state index < -0.39 is 0 Å². The van der Waals surface area contributed by atoms with Crippen LogP contribution in [0.25, 0.3) is 0 Å². The van der Waals surface area contributed by atoms with E-state index >= 15 is 0 Å². The Balaban J connectivity index is 2.07. The third kappa shape index (κ3) is 4.91. The van der Waals surface area contributed by atoms with Gasteiger partial charge in [-0.2, -0.15) is 0 Å². The number of benzene rings is 1. The van der Waals surface area contributed by atoms with Gasteiger partial charge in [-0.15, -0.1) is 0 Å². The molecule has 1 aliphatic rings. The first kappa shape index (κ1) is 17.7. The first-order valence-electron chi connectivity index (χ1n) is 8.17. The maximum atomic E-state index is 13.7. The molecule has 0 radical (unpaired) electrons. The Morgan fingerprint density at radius 1 is 1.43 bits per heavy atom. The Hall–Kier alpha value is -1.66. The Morgan fingerprint density at radius 2 is 2.13 bits per heavy atom. The van der Waals surface area contributed by atoms with Crippen LogP contribution in [0.1, 0.15) is 37.8 Å². The summed E-state index contributed by atoms with van der Waals surface area (Å²) in [6.45, 7) is 4.05. The molecular weight excluding hydrogens is 297 g/mol. The molecule has 0 aromatic heterocycles. The minimum Gasteiger partial charge on any atom is -0.393 e. The molecule has 0 spiro atoms. The monoisotopic (exact) mass is 323 g/mol. The number of aliphatic hydroxyl groups excluding tert-OH is 1. The average molecular weight is 323 g/mol. The van der Waals surface area contributed by atoms with Crippen molar-refractivity contribution in [1.82, 2.24) is 10.6 Å². The summed E-state index contributed by atoms with van der Waals surface area (Å²) in [5, 5.41) is 15.5. The van der Waals surface area contributed by atoms with Crippen LogP contribution >= 0.6 is 0 Å². The molecule has 1 atom stereocenters. The maximum absolute atomic E-state index is 13.7. The van der Waals surface area contributed by atoms with Gasteiger partial charge in [0.1, 0.15) is 5.82 Å².